The molecule has 0 aliphatic carbocycles. The van der Waals surface area contributed by atoms with Gasteiger partial charge in [-0.15, -0.1) is 0 Å². The third-order valence-electron chi connectivity index (χ3n) is 2.62. The van der Waals surface area contributed by atoms with Gasteiger partial charge < -0.3 is 10.4 Å². The van der Waals surface area contributed by atoms with E-state index < -0.39 is 6.10 Å². The zero-order chi connectivity index (χ0) is 15.0. The average molecular weight is 278 g/mol. The Labute approximate surface area is 121 Å². The summed E-state index contributed by atoms with van der Waals surface area (Å²) >= 11 is 0. The van der Waals surface area contributed by atoms with Crippen molar-refractivity contribution in [2.24, 2.45) is 5.92 Å². The van der Waals surface area contributed by atoms with Crippen LogP contribution < -0.4 is 5.32 Å². The van der Waals surface area contributed by atoms with Crippen LogP contribution in [-0.2, 0) is 11.3 Å². The van der Waals surface area contributed by atoms with Crippen molar-refractivity contribution < 1.29 is 9.90 Å². The van der Waals surface area contributed by atoms with Gasteiger partial charge in [0.05, 0.1) is 12.6 Å². The van der Waals surface area contributed by atoms with Crippen molar-refractivity contribution in [1.29, 1.82) is 0 Å². The van der Waals surface area contributed by atoms with Gasteiger partial charge in [-0.2, -0.15) is 0 Å². The fraction of sp³-hybridized carbons (Fsp3) is 0.562. The van der Waals surface area contributed by atoms with Crippen molar-refractivity contribution in [3.8, 4) is 0 Å². The van der Waals surface area contributed by atoms with Crippen LogP contribution in [0.25, 0.3) is 0 Å². The molecule has 1 aliphatic heterocycles. The zero-order valence-electron chi connectivity index (χ0n) is 12.7. The summed E-state index contributed by atoms with van der Waals surface area (Å²) in [6.07, 6.45) is -0.477. The van der Waals surface area contributed by atoms with E-state index in [1.165, 1.54) is 0 Å². The second-order valence-corrected chi connectivity index (χ2v) is 5.85. The highest BCUT2D eigenvalue weighted by Crippen LogP contribution is 2.06. The Morgan fingerprint density at radius 3 is 2.50 bits per heavy atom. The van der Waals surface area contributed by atoms with E-state index in [0.717, 1.165) is 11.5 Å². The van der Waals surface area contributed by atoms with Gasteiger partial charge in [0.25, 0.3) is 0 Å². The van der Waals surface area contributed by atoms with E-state index in [1.54, 1.807) is 0 Å². The summed E-state index contributed by atoms with van der Waals surface area (Å²) in [4.78, 5) is 13.3. The first-order valence-corrected chi connectivity index (χ1v) is 7.18. The van der Waals surface area contributed by atoms with E-state index in [0.29, 0.717) is 26.2 Å². The van der Waals surface area contributed by atoms with Gasteiger partial charge in [-0.1, -0.05) is 51.1 Å². The van der Waals surface area contributed by atoms with Crippen molar-refractivity contribution in [1.82, 2.24) is 10.2 Å². The lowest BCUT2D eigenvalue weighted by molar-refractivity contribution is -0.121. The van der Waals surface area contributed by atoms with Crippen LogP contribution in [0.5, 0.6) is 0 Å². The monoisotopic (exact) mass is 278 g/mol. The molecule has 1 fully saturated rings. The molecule has 0 saturated carbocycles. The molecule has 0 radical (unpaired) electrons. The number of rotatable bonds is 2. The molecule has 1 aromatic carbocycles. The van der Waals surface area contributed by atoms with Crippen LogP contribution in [0.1, 0.15) is 26.3 Å². The highest BCUT2D eigenvalue weighted by atomic mass is 16.3. The highest BCUT2D eigenvalue weighted by molar-refractivity contribution is 5.78. The zero-order valence-corrected chi connectivity index (χ0v) is 12.7. The van der Waals surface area contributed by atoms with Gasteiger partial charge >= 0.3 is 0 Å². The molecule has 1 aliphatic rings. The Balaban J connectivity index is 0.000000444. The minimum absolute atomic E-state index is 0.0209. The Hall–Kier alpha value is -1.39. The minimum Gasteiger partial charge on any atom is -0.390 e. The molecule has 2 rings (SSSR count). The van der Waals surface area contributed by atoms with E-state index >= 15 is 0 Å². The SMILES string of the molecule is CC(C)C.O=C1CN(Cc2ccccc2)CC(O)CN1. The van der Waals surface area contributed by atoms with E-state index in [2.05, 4.69) is 26.1 Å². The van der Waals surface area contributed by atoms with E-state index in [9.17, 15) is 9.90 Å². The number of aliphatic hydroxyl groups excluding tert-OH is 1. The molecular formula is C16H26N2O2. The molecule has 1 unspecified atom stereocenters. The number of hydrogen-bond acceptors (Lipinski definition) is 3. The summed E-state index contributed by atoms with van der Waals surface area (Å²) in [5, 5.41) is 12.3. The lowest BCUT2D eigenvalue weighted by Crippen LogP contribution is -2.33. The van der Waals surface area contributed by atoms with Crippen molar-refractivity contribution in [2.75, 3.05) is 19.6 Å². The maximum atomic E-state index is 11.4. The lowest BCUT2D eigenvalue weighted by atomic mass is 10.2. The Bertz CT molecular complexity index is 390. The first kappa shape index (κ1) is 16.7. The number of aliphatic hydroxyl groups is 1. The summed E-state index contributed by atoms with van der Waals surface area (Å²) in [5.74, 6) is 0.812. The molecule has 4 heteroatoms. The molecule has 0 bridgehead atoms. The first-order chi connectivity index (χ1) is 9.47. The average Bonchev–Trinajstić information content (AvgIpc) is 2.51. The summed E-state index contributed by atoms with van der Waals surface area (Å²) in [7, 11) is 0. The fourth-order valence-electron chi connectivity index (χ4n) is 1.88. The van der Waals surface area contributed by atoms with Gasteiger partial charge in [0.2, 0.25) is 5.91 Å². The molecule has 2 N–H and O–H groups in total. The first-order valence-electron chi connectivity index (χ1n) is 7.18. The van der Waals surface area contributed by atoms with Gasteiger partial charge in [-0.05, 0) is 11.5 Å². The summed E-state index contributed by atoms with van der Waals surface area (Å²) in [6.45, 7) is 8.44. The van der Waals surface area contributed by atoms with Crippen LogP contribution in [0.2, 0.25) is 0 Å². The molecule has 0 aromatic heterocycles. The number of hydrogen-bond donors (Lipinski definition) is 2. The number of benzene rings is 1. The molecule has 1 atom stereocenters. The highest BCUT2D eigenvalue weighted by Gasteiger charge is 2.19. The number of nitrogens with one attached hydrogen (secondary N) is 1. The number of carbonyl (C=O) groups is 1. The van der Waals surface area contributed by atoms with Gasteiger partial charge in [0, 0.05) is 19.6 Å². The quantitative estimate of drug-likeness (QED) is 0.865. The third-order valence-corrected chi connectivity index (χ3v) is 2.62. The van der Waals surface area contributed by atoms with Crippen molar-refractivity contribution in [2.45, 2.75) is 33.4 Å². The lowest BCUT2D eigenvalue weighted by Gasteiger charge is -2.20. The molecule has 1 aromatic rings. The maximum absolute atomic E-state index is 11.4. The Kier molecular flexibility index (Phi) is 7.26. The van der Waals surface area contributed by atoms with Gasteiger partial charge in [-0.3, -0.25) is 9.69 Å². The smallest absolute Gasteiger partial charge is 0.234 e. The Morgan fingerprint density at radius 2 is 1.90 bits per heavy atom. The number of carbonyl (C=O) groups excluding carboxylic acids is 1. The number of amides is 1. The van der Waals surface area contributed by atoms with Crippen LogP contribution >= 0.6 is 0 Å². The normalized spacial score (nSPS) is 19.9. The summed E-state index contributed by atoms with van der Waals surface area (Å²) in [6, 6.07) is 9.96. The molecule has 1 saturated heterocycles. The van der Waals surface area contributed by atoms with Gasteiger partial charge in [-0.25, -0.2) is 0 Å². The third kappa shape index (κ3) is 7.26. The largest absolute Gasteiger partial charge is 0.390 e. The number of nitrogens with zero attached hydrogens (tertiary/aromatic N) is 1. The van der Waals surface area contributed by atoms with Gasteiger partial charge in [0.1, 0.15) is 0 Å². The van der Waals surface area contributed by atoms with E-state index in [-0.39, 0.29) is 5.91 Å². The molecular weight excluding hydrogens is 252 g/mol. The minimum atomic E-state index is -0.477. The van der Waals surface area contributed by atoms with Crippen molar-refractivity contribution in [3.05, 3.63) is 35.9 Å². The molecule has 4 nitrogen and oxygen atoms in total. The Morgan fingerprint density at radius 1 is 1.30 bits per heavy atom. The van der Waals surface area contributed by atoms with Crippen LogP contribution in [0.3, 0.4) is 0 Å². The molecule has 20 heavy (non-hydrogen) atoms. The predicted molar refractivity (Wildman–Crippen MR) is 81.2 cm³/mol. The van der Waals surface area contributed by atoms with E-state index in [4.69, 9.17) is 0 Å². The predicted octanol–water partition coefficient (Wildman–Crippen LogP) is 1.64. The standard InChI is InChI=1S/C12H16N2O2.C4H10/c15-11-6-13-12(16)9-14(8-11)7-10-4-2-1-3-5-10;1-4(2)3/h1-5,11,15H,6-9H2,(H,13,16);4H,1-3H3. The number of β-amino-alcohol motifs (C(OH)–C–C–N with tert-alkyl or cyclic N) is 1. The fourth-order valence-corrected chi connectivity index (χ4v) is 1.88. The molecule has 1 heterocycles. The second kappa shape index (κ2) is 8.72. The summed E-state index contributed by atoms with van der Waals surface area (Å²) < 4.78 is 0. The molecule has 112 valence electrons. The van der Waals surface area contributed by atoms with Crippen molar-refractivity contribution in [3.63, 3.8) is 0 Å². The van der Waals surface area contributed by atoms with Crippen LogP contribution in [0.15, 0.2) is 30.3 Å². The molecule has 0 spiro atoms. The van der Waals surface area contributed by atoms with Crippen LogP contribution in [-0.4, -0.2) is 41.7 Å². The van der Waals surface area contributed by atoms with Crippen molar-refractivity contribution >= 4 is 5.91 Å². The topological polar surface area (TPSA) is 52.6 Å². The summed E-state index contributed by atoms with van der Waals surface area (Å²) in [5.41, 5.74) is 1.16. The second-order valence-electron chi connectivity index (χ2n) is 5.85. The maximum Gasteiger partial charge on any atom is 0.234 e. The van der Waals surface area contributed by atoms with Crippen LogP contribution in [0.4, 0.5) is 0 Å². The van der Waals surface area contributed by atoms with Gasteiger partial charge in [0.15, 0.2) is 0 Å². The molecule has 1 amide bonds. The van der Waals surface area contributed by atoms with E-state index in [1.807, 2.05) is 35.2 Å². The van der Waals surface area contributed by atoms with Crippen LogP contribution in [0, 0.1) is 5.92 Å².